The van der Waals surface area contributed by atoms with Gasteiger partial charge in [-0.2, -0.15) is 0 Å². The molecular formula is C22H17FN4O2. The zero-order valence-electron chi connectivity index (χ0n) is 15.2. The second kappa shape index (κ2) is 7.85. The third-order valence-electron chi connectivity index (χ3n) is 4.16. The van der Waals surface area contributed by atoms with E-state index >= 15 is 0 Å². The SMILES string of the molecule is Nc1cccc(Oc2ncnc(N)c2-c2ccc(Oc3ccccc3)cc2)c1F. The molecule has 0 fully saturated rings. The van der Waals surface area contributed by atoms with Gasteiger partial charge in [-0.1, -0.05) is 36.4 Å². The van der Waals surface area contributed by atoms with E-state index < -0.39 is 5.82 Å². The average Bonchev–Trinajstić information content (AvgIpc) is 2.73. The molecule has 0 unspecified atom stereocenters. The first-order valence-corrected chi connectivity index (χ1v) is 8.77. The Morgan fingerprint density at radius 3 is 2.21 bits per heavy atom. The Balaban J connectivity index is 1.65. The minimum Gasteiger partial charge on any atom is -0.457 e. The maximum atomic E-state index is 14.2. The van der Waals surface area contributed by atoms with E-state index in [2.05, 4.69) is 9.97 Å². The highest BCUT2D eigenvalue weighted by Crippen LogP contribution is 2.37. The molecule has 144 valence electrons. The summed E-state index contributed by atoms with van der Waals surface area (Å²) >= 11 is 0. The van der Waals surface area contributed by atoms with Gasteiger partial charge in [-0.3, -0.25) is 0 Å². The highest BCUT2D eigenvalue weighted by atomic mass is 19.1. The van der Waals surface area contributed by atoms with Crippen molar-refractivity contribution in [3.05, 3.63) is 84.9 Å². The maximum absolute atomic E-state index is 14.2. The van der Waals surface area contributed by atoms with Crippen molar-refractivity contribution in [2.24, 2.45) is 0 Å². The van der Waals surface area contributed by atoms with Crippen LogP contribution in [0.1, 0.15) is 0 Å². The Morgan fingerprint density at radius 1 is 0.724 bits per heavy atom. The number of hydrogen-bond donors (Lipinski definition) is 2. The van der Waals surface area contributed by atoms with Crippen molar-refractivity contribution in [1.29, 1.82) is 0 Å². The molecule has 6 nitrogen and oxygen atoms in total. The van der Waals surface area contributed by atoms with Crippen LogP contribution in [0, 0.1) is 5.82 Å². The van der Waals surface area contributed by atoms with Crippen molar-refractivity contribution in [2.75, 3.05) is 11.5 Å². The van der Waals surface area contributed by atoms with Gasteiger partial charge in [-0.05, 0) is 42.0 Å². The molecule has 0 saturated heterocycles. The molecule has 0 aliphatic carbocycles. The molecule has 4 aromatic rings. The Hall–Kier alpha value is -4.13. The van der Waals surface area contributed by atoms with Crippen molar-refractivity contribution in [1.82, 2.24) is 9.97 Å². The highest BCUT2D eigenvalue weighted by Gasteiger charge is 2.16. The second-order valence-corrected chi connectivity index (χ2v) is 6.14. The quantitative estimate of drug-likeness (QED) is 0.465. The van der Waals surface area contributed by atoms with Gasteiger partial charge in [0, 0.05) is 0 Å². The lowest BCUT2D eigenvalue weighted by atomic mass is 10.1. The fraction of sp³-hybridized carbons (Fsp3) is 0. The van der Waals surface area contributed by atoms with Crippen LogP contribution < -0.4 is 20.9 Å². The van der Waals surface area contributed by atoms with Gasteiger partial charge in [-0.25, -0.2) is 14.4 Å². The predicted octanol–water partition coefficient (Wildman–Crippen LogP) is 5.03. The van der Waals surface area contributed by atoms with E-state index in [1.165, 1.54) is 18.5 Å². The summed E-state index contributed by atoms with van der Waals surface area (Å²) in [7, 11) is 0. The molecule has 0 bridgehead atoms. The van der Waals surface area contributed by atoms with Crippen LogP contribution in [0.4, 0.5) is 15.9 Å². The molecule has 0 aliphatic rings. The highest BCUT2D eigenvalue weighted by molar-refractivity contribution is 5.78. The topological polar surface area (TPSA) is 96.3 Å². The van der Waals surface area contributed by atoms with Crippen molar-refractivity contribution in [2.45, 2.75) is 0 Å². The minimum atomic E-state index is -0.665. The number of aromatic nitrogens is 2. The first-order chi connectivity index (χ1) is 14.1. The summed E-state index contributed by atoms with van der Waals surface area (Å²) in [5.41, 5.74) is 12.8. The largest absolute Gasteiger partial charge is 0.457 e. The summed E-state index contributed by atoms with van der Waals surface area (Å²) in [6, 6.07) is 21.1. The monoisotopic (exact) mass is 388 g/mol. The fourth-order valence-corrected chi connectivity index (χ4v) is 2.76. The lowest BCUT2D eigenvalue weighted by molar-refractivity contribution is 0.430. The normalized spacial score (nSPS) is 10.5. The summed E-state index contributed by atoms with van der Waals surface area (Å²) < 4.78 is 25.7. The van der Waals surface area contributed by atoms with E-state index in [9.17, 15) is 4.39 Å². The zero-order chi connectivity index (χ0) is 20.2. The van der Waals surface area contributed by atoms with Gasteiger partial charge in [0.1, 0.15) is 23.6 Å². The van der Waals surface area contributed by atoms with Crippen molar-refractivity contribution in [3.8, 4) is 34.3 Å². The number of rotatable bonds is 5. The lowest BCUT2D eigenvalue weighted by Crippen LogP contribution is -2.01. The molecular weight excluding hydrogens is 371 g/mol. The Bertz CT molecular complexity index is 1140. The number of nitrogens with two attached hydrogens (primary N) is 2. The van der Waals surface area contributed by atoms with E-state index in [1.807, 2.05) is 30.3 Å². The van der Waals surface area contributed by atoms with Crippen LogP contribution in [0.15, 0.2) is 79.1 Å². The predicted molar refractivity (Wildman–Crippen MR) is 109 cm³/mol. The molecule has 1 aromatic heterocycles. The smallest absolute Gasteiger partial charge is 0.232 e. The first-order valence-electron chi connectivity index (χ1n) is 8.77. The van der Waals surface area contributed by atoms with Crippen molar-refractivity contribution in [3.63, 3.8) is 0 Å². The van der Waals surface area contributed by atoms with E-state index in [0.717, 1.165) is 5.75 Å². The number of hydrogen-bond acceptors (Lipinski definition) is 6. The van der Waals surface area contributed by atoms with Crippen LogP contribution in [0.2, 0.25) is 0 Å². The number of anilines is 2. The average molecular weight is 388 g/mol. The Morgan fingerprint density at radius 2 is 1.45 bits per heavy atom. The Kier molecular flexibility index (Phi) is 4.94. The number of nitrogen functional groups attached to an aromatic ring is 2. The molecule has 29 heavy (non-hydrogen) atoms. The number of nitrogens with zero attached hydrogens (tertiary/aromatic N) is 2. The van der Waals surface area contributed by atoms with Crippen LogP contribution in [0.25, 0.3) is 11.1 Å². The summed E-state index contributed by atoms with van der Waals surface area (Å²) in [4.78, 5) is 8.14. The van der Waals surface area contributed by atoms with Gasteiger partial charge in [0.25, 0.3) is 0 Å². The molecule has 1 heterocycles. The Labute approximate surface area is 166 Å². The van der Waals surface area contributed by atoms with Crippen LogP contribution in [-0.2, 0) is 0 Å². The molecule has 0 amide bonds. The maximum Gasteiger partial charge on any atom is 0.232 e. The molecule has 0 spiro atoms. The molecule has 4 N–H and O–H groups in total. The number of benzene rings is 3. The third kappa shape index (κ3) is 3.93. The summed E-state index contributed by atoms with van der Waals surface area (Å²) in [5, 5.41) is 0. The van der Waals surface area contributed by atoms with Gasteiger partial charge in [0.05, 0.1) is 11.3 Å². The van der Waals surface area contributed by atoms with Gasteiger partial charge >= 0.3 is 0 Å². The third-order valence-corrected chi connectivity index (χ3v) is 4.16. The van der Waals surface area contributed by atoms with Crippen LogP contribution in [0.5, 0.6) is 23.1 Å². The van der Waals surface area contributed by atoms with E-state index in [4.69, 9.17) is 20.9 Å². The van der Waals surface area contributed by atoms with Gasteiger partial charge < -0.3 is 20.9 Å². The molecule has 4 rings (SSSR count). The molecule has 7 heteroatoms. The molecule has 0 saturated carbocycles. The summed E-state index contributed by atoms with van der Waals surface area (Å²) in [6.45, 7) is 0. The lowest BCUT2D eigenvalue weighted by Gasteiger charge is -2.13. The van der Waals surface area contributed by atoms with Crippen LogP contribution >= 0.6 is 0 Å². The standard InChI is InChI=1S/C22H17FN4O2/c23-20-17(24)7-4-8-18(20)29-22-19(21(25)26-13-27-22)14-9-11-16(12-10-14)28-15-5-2-1-3-6-15/h1-13H,24H2,(H2,25,26,27). The molecule has 0 aliphatic heterocycles. The zero-order valence-corrected chi connectivity index (χ0v) is 15.2. The number of ether oxygens (including phenoxy) is 2. The minimum absolute atomic E-state index is 0.0199. The first kappa shape index (κ1) is 18.2. The van der Waals surface area contributed by atoms with Crippen molar-refractivity contribution >= 4 is 11.5 Å². The van der Waals surface area contributed by atoms with Crippen LogP contribution in [0.3, 0.4) is 0 Å². The summed E-state index contributed by atoms with van der Waals surface area (Å²) in [6.07, 6.45) is 1.26. The fourth-order valence-electron chi connectivity index (χ4n) is 2.76. The molecule has 3 aromatic carbocycles. The van der Waals surface area contributed by atoms with E-state index in [-0.39, 0.29) is 23.1 Å². The number of para-hydroxylation sites is 1. The van der Waals surface area contributed by atoms with E-state index in [1.54, 1.807) is 30.3 Å². The van der Waals surface area contributed by atoms with Crippen molar-refractivity contribution < 1.29 is 13.9 Å². The van der Waals surface area contributed by atoms with Crippen LogP contribution in [-0.4, -0.2) is 9.97 Å². The van der Waals surface area contributed by atoms with E-state index in [0.29, 0.717) is 16.9 Å². The second-order valence-electron chi connectivity index (χ2n) is 6.14. The summed E-state index contributed by atoms with van der Waals surface area (Å²) in [5.74, 6) is 0.995. The van der Waals surface area contributed by atoms with Gasteiger partial charge in [0.2, 0.25) is 5.88 Å². The molecule has 0 atom stereocenters. The number of halogens is 1. The van der Waals surface area contributed by atoms with Gasteiger partial charge in [0.15, 0.2) is 11.6 Å². The molecule has 0 radical (unpaired) electrons. The van der Waals surface area contributed by atoms with Gasteiger partial charge in [-0.15, -0.1) is 0 Å².